The lowest BCUT2D eigenvalue weighted by atomic mass is 9.93. The Balaban J connectivity index is 2.23. The van der Waals surface area contributed by atoms with Crippen molar-refractivity contribution >= 4 is 7.27 Å². The first kappa shape index (κ1) is 9.46. The fraction of sp³-hybridized carbons (Fsp3) is 0.857. The van der Waals surface area contributed by atoms with Gasteiger partial charge in [0.1, 0.15) is 6.44 Å². The van der Waals surface area contributed by atoms with Gasteiger partial charge in [0.15, 0.2) is 0 Å². The molecular formula is C7H12BF2N2+. The van der Waals surface area contributed by atoms with Gasteiger partial charge in [-0.25, -0.2) is 0 Å². The molecule has 1 aliphatic rings. The molecule has 0 aromatic carbocycles. The minimum absolute atomic E-state index is 0.0574. The number of piperidine rings is 1. The molecule has 1 N–H and O–H groups in total. The van der Waals surface area contributed by atoms with Crippen LogP contribution in [0.15, 0.2) is 0 Å². The fourth-order valence-corrected chi connectivity index (χ4v) is 1.58. The zero-order valence-electron chi connectivity index (χ0n) is 6.89. The maximum atomic E-state index is 11.9. The van der Waals surface area contributed by atoms with Gasteiger partial charge >= 0.3 is 7.27 Å². The van der Waals surface area contributed by atoms with Gasteiger partial charge in [-0.15, -0.1) is 0 Å². The molecule has 1 aliphatic heterocycles. The molecule has 0 bridgehead atoms. The Labute approximate surface area is 71.3 Å². The highest BCUT2D eigenvalue weighted by molar-refractivity contribution is 6.42. The molecule has 1 heterocycles. The first-order valence-corrected chi connectivity index (χ1v) is 4.23. The quantitative estimate of drug-likeness (QED) is 0.574. The van der Waals surface area contributed by atoms with Gasteiger partial charge in [0, 0.05) is 12.8 Å². The molecule has 1 saturated heterocycles. The van der Waals surface area contributed by atoms with Gasteiger partial charge in [-0.05, 0) is 0 Å². The molecule has 0 aromatic heterocycles. The maximum absolute atomic E-state index is 11.9. The van der Waals surface area contributed by atoms with Crippen LogP contribution in [0.4, 0.5) is 8.63 Å². The fourth-order valence-electron chi connectivity index (χ4n) is 1.58. The molecule has 1 fully saturated rings. The Morgan fingerprint density at radius 3 is 2.42 bits per heavy atom. The van der Waals surface area contributed by atoms with Gasteiger partial charge in [0.25, 0.3) is 0 Å². The number of hydrogen-bond acceptors (Lipinski definition) is 1. The summed E-state index contributed by atoms with van der Waals surface area (Å²) in [4.78, 5) is 0.941. The number of nitrogens with zero attached hydrogens (tertiary/aromatic N) is 1. The van der Waals surface area contributed by atoms with E-state index in [0.717, 1.165) is 30.8 Å². The third kappa shape index (κ3) is 2.78. The Morgan fingerprint density at radius 2 is 2.00 bits per heavy atom. The van der Waals surface area contributed by atoms with Crippen molar-refractivity contribution in [1.82, 2.24) is 0 Å². The Kier molecular flexibility index (Phi) is 3.48. The number of hydrogen-bond donors (Lipinski definition) is 1. The first-order valence-electron chi connectivity index (χ1n) is 4.23. The van der Waals surface area contributed by atoms with Gasteiger partial charge in [0.05, 0.1) is 25.1 Å². The van der Waals surface area contributed by atoms with Crippen LogP contribution in [-0.4, -0.2) is 26.8 Å². The number of quaternary nitrogens is 1. The van der Waals surface area contributed by atoms with Crippen molar-refractivity contribution < 1.29 is 13.5 Å². The molecular weight excluding hydrogens is 161 g/mol. The van der Waals surface area contributed by atoms with Crippen LogP contribution in [0.2, 0.25) is 0 Å². The first-order chi connectivity index (χ1) is 5.72. The van der Waals surface area contributed by atoms with Crippen molar-refractivity contribution in [3.8, 4) is 6.07 Å². The van der Waals surface area contributed by atoms with Crippen LogP contribution >= 0.6 is 0 Å². The summed E-state index contributed by atoms with van der Waals surface area (Å²) < 4.78 is 23.8. The van der Waals surface area contributed by atoms with Crippen LogP contribution in [0, 0.1) is 17.2 Å². The number of halogens is 2. The Bertz CT molecular complexity index is 173. The summed E-state index contributed by atoms with van der Waals surface area (Å²) in [5.74, 6) is 0.103. The summed E-state index contributed by atoms with van der Waals surface area (Å²) in [5.41, 5.74) is 0. The second kappa shape index (κ2) is 4.41. The van der Waals surface area contributed by atoms with Crippen molar-refractivity contribution in [3.63, 3.8) is 0 Å². The second-order valence-electron chi connectivity index (χ2n) is 3.25. The van der Waals surface area contributed by atoms with Crippen molar-refractivity contribution in [2.75, 3.05) is 19.5 Å². The van der Waals surface area contributed by atoms with Crippen molar-refractivity contribution in [1.29, 1.82) is 5.26 Å². The van der Waals surface area contributed by atoms with E-state index in [1.807, 2.05) is 0 Å². The Morgan fingerprint density at radius 1 is 1.42 bits per heavy atom. The highest BCUT2D eigenvalue weighted by Crippen LogP contribution is 2.06. The molecule has 0 radical (unpaired) electrons. The lowest BCUT2D eigenvalue weighted by molar-refractivity contribution is -0.896. The second-order valence-corrected chi connectivity index (χ2v) is 3.25. The summed E-state index contributed by atoms with van der Waals surface area (Å²) in [5, 5.41) is 8.55. The lowest BCUT2D eigenvalue weighted by Gasteiger charge is -2.25. The molecule has 2 nitrogen and oxygen atoms in total. The standard InChI is InChI=1S/C7H11BF2N2/c9-8(10)6-12-3-1-7(5-11)2-4-12/h7H,1-4,6H2/p+1. The molecule has 0 amide bonds. The average molecular weight is 173 g/mol. The monoisotopic (exact) mass is 173 g/mol. The van der Waals surface area contributed by atoms with Crippen LogP contribution in [0.5, 0.6) is 0 Å². The van der Waals surface area contributed by atoms with Gasteiger partial charge < -0.3 is 4.90 Å². The van der Waals surface area contributed by atoms with E-state index < -0.39 is 7.27 Å². The number of likely N-dealkylation sites (tertiary alicyclic amines) is 1. The third-order valence-corrected chi connectivity index (χ3v) is 2.32. The number of rotatable bonds is 2. The predicted octanol–water partition coefficient (Wildman–Crippen LogP) is -0.229. The lowest BCUT2D eigenvalue weighted by Crippen LogP contribution is -3.14. The molecule has 0 atom stereocenters. The molecule has 1 rings (SSSR count). The molecule has 66 valence electrons. The molecule has 0 unspecified atom stereocenters. The van der Waals surface area contributed by atoms with E-state index in [1.54, 1.807) is 0 Å². The average Bonchev–Trinajstić information content (AvgIpc) is 2.05. The summed E-state index contributed by atoms with van der Waals surface area (Å²) in [6.07, 6.45) is 1.50. The SMILES string of the molecule is N#CC1CC[NH+](CB(F)F)CC1. The smallest absolute Gasteiger partial charge is 0.336 e. The highest BCUT2D eigenvalue weighted by atomic mass is 19.2. The topological polar surface area (TPSA) is 28.2 Å². The van der Waals surface area contributed by atoms with E-state index in [-0.39, 0.29) is 12.4 Å². The van der Waals surface area contributed by atoms with Crippen LogP contribution in [0.3, 0.4) is 0 Å². The van der Waals surface area contributed by atoms with Crippen LogP contribution < -0.4 is 4.90 Å². The third-order valence-electron chi connectivity index (χ3n) is 2.32. The molecule has 0 spiro atoms. The number of nitriles is 1. The zero-order chi connectivity index (χ0) is 8.97. The zero-order valence-corrected chi connectivity index (χ0v) is 6.89. The van der Waals surface area contributed by atoms with E-state index in [9.17, 15) is 8.63 Å². The van der Waals surface area contributed by atoms with Crippen molar-refractivity contribution in [3.05, 3.63) is 0 Å². The molecule has 12 heavy (non-hydrogen) atoms. The normalized spacial score (nSPS) is 29.4. The van der Waals surface area contributed by atoms with E-state index in [0.29, 0.717) is 0 Å². The van der Waals surface area contributed by atoms with Gasteiger partial charge in [0.2, 0.25) is 0 Å². The van der Waals surface area contributed by atoms with Crippen LogP contribution in [-0.2, 0) is 0 Å². The molecule has 5 heteroatoms. The largest absolute Gasteiger partial charge is 0.592 e. The highest BCUT2D eigenvalue weighted by Gasteiger charge is 2.27. The van der Waals surface area contributed by atoms with Gasteiger partial charge in [-0.2, -0.15) is 5.26 Å². The van der Waals surface area contributed by atoms with E-state index >= 15 is 0 Å². The summed E-state index contributed by atoms with van der Waals surface area (Å²) >= 11 is 0. The van der Waals surface area contributed by atoms with E-state index in [2.05, 4.69) is 6.07 Å². The maximum Gasteiger partial charge on any atom is 0.592 e. The minimum atomic E-state index is -2.21. The van der Waals surface area contributed by atoms with Gasteiger partial charge in [-0.1, -0.05) is 0 Å². The van der Waals surface area contributed by atoms with Crippen LogP contribution in [0.25, 0.3) is 0 Å². The van der Waals surface area contributed by atoms with E-state index in [1.165, 1.54) is 0 Å². The summed E-state index contributed by atoms with van der Waals surface area (Å²) in [7, 11) is -2.21. The summed E-state index contributed by atoms with van der Waals surface area (Å²) in [6, 6.07) is 2.18. The Hall–Kier alpha value is -0.625. The minimum Gasteiger partial charge on any atom is -0.336 e. The number of nitrogens with one attached hydrogen (secondary N) is 1. The van der Waals surface area contributed by atoms with E-state index in [4.69, 9.17) is 5.26 Å². The molecule has 0 saturated carbocycles. The molecule has 0 aromatic rings. The molecule has 0 aliphatic carbocycles. The summed E-state index contributed by atoms with van der Waals surface area (Å²) in [6.45, 7) is 1.45. The van der Waals surface area contributed by atoms with Crippen molar-refractivity contribution in [2.45, 2.75) is 12.8 Å². The van der Waals surface area contributed by atoms with Crippen molar-refractivity contribution in [2.24, 2.45) is 5.92 Å². The van der Waals surface area contributed by atoms with Gasteiger partial charge in [-0.3, -0.25) is 8.63 Å². The van der Waals surface area contributed by atoms with Crippen LogP contribution in [0.1, 0.15) is 12.8 Å². The predicted molar refractivity (Wildman–Crippen MR) is 41.9 cm³/mol.